The lowest BCUT2D eigenvalue weighted by Crippen LogP contribution is -2.31. The first-order valence-corrected chi connectivity index (χ1v) is 6.56. The zero-order chi connectivity index (χ0) is 17.0. The number of terminal acetylenes is 1. The van der Waals surface area contributed by atoms with Crippen molar-refractivity contribution in [2.45, 2.75) is 19.4 Å². The zero-order valence-electron chi connectivity index (χ0n) is 12.1. The summed E-state index contributed by atoms with van der Waals surface area (Å²) in [4.78, 5) is 35.6. The van der Waals surface area contributed by atoms with Gasteiger partial charge in [-0.1, -0.05) is 5.16 Å². The van der Waals surface area contributed by atoms with Gasteiger partial charge >= 0.3 is 5.97 Å². The molecule has 2 aromatic heterocycles. The van der Waals surface area contributed by atoms with Gasteiger partial charge in [-0.15, -0.1) is 12.3 Å². The summed E-state index contributed by atoms with van der Waals surface area (Å²) in [6.07, 6.45) is 6.28. The summed E-state index contributed by atoms with van der Waals surface area (Å²) in [5.74, 6) is 0.784. The van der Waals surface area contributed by atoms with E-state index in [0.717, 1.165) is 4.57 Å². The molecule has 0 spiro atoms. The number of anilines is 1. The average molecular weight is 315 g/mol. The van der Waals surface area contributed by atoms with Gasteiger partial charge in [-0.25, -0.2) is 4.79 Å². The van der Waals surface area contributed by atoms with Crippen molar-refractivity contribution in [3.63, 3.8) is 0 Å². The van der Waals surface area contributed by atoms with Crippen molar-refractivity contribution in [2.75, 3.05) is 5.32 Å². The van der Waals surface area contributed by atoms with E-state index in [1.54, 1.807) is 6.92 Å². The lowest BCUT2D eigenvalue weighted by Gasteiger charge is -2.14. The third-order valence-electron chi connectivity index (χ3n) is 3.02. The SMILES string of the molecule is C#CC[C@H](C(=O)O)n1cccc(NC(=O)c2cc(C)on2)c1=O. The molecule has 1 atom stereocenters. The van der Waals surface area contributed by atoms with Gasteiger partial charge in [-0.2, -0.15) is 0 Å². The number of pyridine rings is 1. The summed E-state index contributed by atoms with van der Waals surface area (Å²) in [5.41, 5.74) is -0.749. The van der Waals surface area contributed by atoms with E-state index in [1.165, 1.54) is 24.4 Å². The van der Waals surface area contributed by atoms with Crippen molar-refractivity contribution in [3.8, 4) is 12.3 Å². The van der Waals surface area contributed by atoms with Crippen LogP contribution in [0.4, 0.5) is 5.69 Å². The molecule has 2 aromatic rings. The van der Waals surface area contributed by atoms with Crippen molar-refractivity contribution < 1.29 is 19.2 Å². The van der Waals surface area contributed by atoms with E-state index < -0.39 is 23.5 Å². The summed E-state index contributed by atoms with van der Waals surface area (Å²) in [7, 11) is 0. The van der Waals surface area contributed by atoms with E-state index in [1.807, 2.05) is 0 Å². The van der Waals surface area contributed by atoms with Gasteiger partial charge in [0.05, 0.1) is 0 Å². The van der Waals surface area contributed by atoms with Gasteiger partial charge in [0.15, 0.2) is 5.69 Å². The van der Waals surface area contributed by atoms with E-state index >= 15 is 0 Å². The molecule has 1 amide bonds. The predicted molar refractivity (Wildman–Crippen MR) is 80.0 cm³/mol. The molecule has 8 heteroatoms. The number of carboxylic acid groups (broad SMARTS) is 1. The average Bonchev–Trinajstić information content (AvgIpc) is 2.94. The Balaban J connectivity index is 2.33. The molecule has 0 aromatic carbocycles. The Hall–Kier alpha value is -3.34. The maximum absolute atomic E-state index is 12.3. The Morgan fingerprint density at radius 1 is 1.57 bits per heavy atom. The maximum Gasteiger partial charge on any atom is 0.327 e. The molecule has 0 radical (unpaired) electrons. The molecule has 2 rings (SSSR count). The molecule has 0 bridgehead atoms. The van der Waals surface area contributed by atoms with Crippen LogP contribution < -0.4 is 10.9 Å². The van der Waals surface area contributed by atoms with Crippen LogP contribution in [-0.4, -0.2) is 26.7 Å². The van der Waals surface area contributed by atoms with Gasteiger partial charge in [-0.05, 0) is 19.1 Å². The van der Waals surface area contributed by atoms with Gasteiger partial charge in [0.1, 0.15) is 17.5 Å². The number of aromatic nitrogens is 2. The molecule has 0 aliphatic rings. The first kappa shape index (κ1) is 16.0. The molecule has 0 fully saturated rings. The standard InChI is InChI=1S/C15H13N3O5/c1-3-5-12(15(21)22)18-7-4-6-10(14(18)20)16-13(19)11-8-9(2)23-17-11/h1,4,6-8,12H,5H2,2H3,(H,16,19)(H,21,22)/t12-/m1/s1. The van der Waals surface area contributed by atoms with E-state index in [4.69, 9.17) is 10.9 Å². The first-order valence-electron chi connectivity index (χ1n) is 6.56. The highest BCUT2D eigenvalue weighted by Gasteiger charge is 2.21. The van der Waals surface area contributed by atoms with Gasteiger partial charge in [-0.3, -0.25) is 14.2 Å². The molecule has 0 saturated carbocycles. The minimum atomic E-state index is -1.24. The lowest BCUT2D eigenvalue weighted by molar-refractivity contribution is -0.140. The van der Waals surface area contributed by atoms with E-state index in [2.05, 4.69) is 16.4 Å². The second-order valence-corrected chi connectivity index (χ2v) is 4.67. The van der Waals surface area contributed by atoms with Crippen LogP contribution in [0.1, 0.15) is 28.7 Å². The number of amides is 1. The van der Waals surface area contributed by atoms with Crippen molar-refractivity contribution in [2.24, 2.45) is 0 Å². The fourth-order valence-electron chi connectivity index (χ4n) is 1.93. The summed E-state index contributed by atoms with van der Waals surface area (Å²) >= 11 is 0. The number of aryl methyl sites for hydroxylation is 1. The number of rotatable bonds is 5. The van der Waals surface area contributed by atoms with Crippen LogP contribution in [0.5, 0.6) is 0 Å². The molecule has 0 unspecified atom stereocenters. The van der Waals surface area contributed by atoms with Crippen LogP contribution in [0.3, 0.4) is 0 Å². The van der Waals surface area contributed by atoms with Gasteiger partial charge in [0.2, 0.25) is 0 Å². The zero-order valence-corrected chi connectivity index (χ0v) is 12.1. The normalized spacial score (nSPS) is 11.5. The largest absolute Gasteiger partial charge is 0.480 e. The van der Waals surface area contributed by atoms with Crippen molar-refractivity contribution in [3.05, 3.63) is 46.2 Å². The maximum atomic E-state index is 12.3. The van der Waals surface area contributed by atoms with E-state index in [0.29, 0.717) is 5.76 Å². The van der Waals surface area contributed by atoms with Crippen LogP contribution in [0.15, 0.2) is 33.7 Å². The number of aliphatic carboxylic acids is 1. The Labute approximate surface area is 130 Å². The molecular formula is C15H13N3O5. The molecule has 0 aliphatic carbocycles. The quantitative estimate of drug-likeness (QED) is 0.797. The summed E-state index contributed by atoms with van der Waals surface area (Å²) in [6, 6.07) is 3.00. The summed E-state index contributed by atoms with van der Waals surface area (Å²) in [6.45, 7) is 1.62. The van der Waals surface area contributed by atoms with Gasteiger partial charge < -0.3 is 14.9 Å². The number of nitrogens with zero attached hydrogens (tertiary/aromatic N) is 2. The van der Waals surface area contributed by atoms with Crippen molar-refractivity contribution in [1.29, 1.82) is 0 Å². The third kappa shape index (κ3) is 3.47. The number of hydrogen-bond acceptors (Lipinski definition) is 5. The fraction of sp³-hybridized carbons (Fsp3) is 0.200. The number of hydrogen-bond donors (Lipinski definition) is 2. The minimum absolute atomic E-state index is 0.00992. The number of carbonyl (C=O) groups excluding carboxylic acids is 1. The van der Waals surface area contributed by atoms with E-state index in [-0.39, 0.29) is 17.8 Å². The topological polar surface area (TPSA) is 114 Å². The summed E-state index contributed by atoms with van der Waals surface area (Å²) < 4.78 is 5.75. The monoisotopic (exact) mass is 315 g/mol. The number of carbonyl (C=O) groups is 2. The Kier molecular flexibility index (Phi) is 4.61. The Morgan fingerprint density at radius 3 is 2.87 bits per heavy atom. The van der Waals surface area contributed by atoms with Gasteiger partial charge in [0, 0.05) is 18.7 Å². The molecule has 118 valence electrons. The molecule has 0 aliphatic heterocycles. The van der Waals surface area contributed by atoms with Crippen molar-refractivity contribution >= 4 is 17.6 Å². The Bertz CT molecular complexity index is 843. The highest BCUT2D eigenvalue weighted by atomic mass is 16.5. The highest BCUT2D eigenvalue weighted by molar-refractivity contribution is 6.02. The molecule has 2 heterocycles. The van der Waals surface area contributed by atoms with Crippen LogP contribution >= 0.6 is 0 Å². The number of nitrogens with one attached hydrogen (secondary N) is 1. The Morgan fingerprint density at radius 2 is 2.30 bits per heavy atom. The highest BCUT2D eigenvalue weighted by Crippen LogP contribution is 2.11. The first-order chi connectivity index (χ1) is 10.9. The minimum Gasteiger partial charge on any atom is -0.480 e. The molecular weight excluding hydrogens is 302 g/mol. The van der Waals surface area contributed by atoms with Crippen LogP contribution in [-0.2, 0) is 4.79 Å². The molecule has 2 N–H and O–H groups in total. The lowest BCUT2D eigenvalue weighted by atomic mass is 10.2. The summed E-state index contributed by atoms with van der Waals surface area (Å²) in [5, 5.41) is 15.1. The van der Waals surface area contributed by atoms with Crippen LogP contribution in [0.25, 0.3) is 0 Å². The van der Waals surface area contributed by atoms with E-state index in [9.17, 15) is 19.5 Å². The second kappa shape index (κ2) is 6.62. The van der Waals surface area contributed by atoms with Crippen molar-refractivity contribution in [1.82, 2.24) is 9.72 Å². The predicted octanol–water partition coefficient (Wildman–Crippen LogP) is 1.05. The van der Waals surface area contributed by atoms with Crippen LogP contribution in [0, 0.1) is 19.3 Å². The molecule has 8 nitrogen and oxygen atoms in total. The fourth-order valence-corrected chi connectivity index (χ4v) is 1.93. The van der Waals surface area contributed by atoms with Gasteiger partial charge in [0.25, 0.3) is 11.5 Å². The second-order valence-electron chi connectivity index (χ2n) is 4.67. The molecule has 0 saturated heterocycles. The van der Waals surface area contributed by atoms with Crippen LogP contribution in [0.2, 0.25) is 0 Å². The molecule has 23 heavy (non-hydrogen) atoms. The third-order valence-corrected chi connectivity index (χ3v) is 3.02. The smallest absolute Gasteiger partial charge is 0.327 e. The number of carboxylic acids is 1.